The molecule has 3 rings (SSSR count). The molecule has 0 aliphatic heterocycles. The molecule has 3 nitrogen and oxygen atoms in total. The van der Waals surface area contributed by atoms with Gasteiger partial charge in [-0.2, -0.15) is 0 Å². The molecule has 0 spiro atoms. The summed E-state index contributed by atoms with van der Waals surface area (Å²) >= 11 is 1.81. The van der Waals surface area contributed by atoms with Crippen molar-refractivity contribution in [1.82, 2.24) is 10.3 Å². The van der Waals surface area contributed by atoms with Crippen LogP contribution in [0.4, 0.5) is 0 Å². The molecule has 0 fully saturated rings. The number of nitrogens with zero attached hydrogens (tertiary/aromatic N) is 1. The summed E-state index contributed by atoms with van der Waals surface area (Å²) in [5.74, 6) is 0.384. The van der Waals surface area contributed by atoms with E-state index in [-0.39, 0.29) is 17.9 Å². The predicted molar refractivity (Wildman–Crippen MR) is 110 cm³/mol. The van der Waals surface area contributed by atoms with E-state index in [2.05, 4.69) is 72.7 Å². The van der Waals surface area contributed by atoms with Crippen LogP contribution in [0.15, 0.2) is 71.8 Å². The quantitative estimate of drug-likeness (QED) is 0.569. The highest BCUT2D eigenvalue weighted by atomic mass is 32.2. The van der Waals surface area contributed by atoms with Crippen molar-refractivity contribution in [2.75, 3.05) is 13.2 Å². The van der Waals surface area contributed by atoms with Crippen LogP contribution < -0.4 is 5.32 Å². The van der Waals surface area contributed by atoms with E-state index in [4.69, 9.17) is 0 Å². The van der Waals surface area contributed by atoms with Crippen LogP contribution in [-0.4, -0.2) is 29.3 Å². The van der Waals surface area contributed by atoms with Gasteiger partial charge in [-0.1, -0.05) is 50.2 Å². The Bertz CT molecular complexity index is 822. The van der Waals surface area contributed by atoms with Gasteiger partial charge in [0, 0.05) is 23.7 Å². The van der Waals surface area contributed by atoms with E-state index in [0.717, 1.165) is 12.2 Å². The minimum Gasteiger partial charge on any atom is -0.395 e. The van der Waals surface area contributed by atoms with E-state index < -0.39 is 0 Å². The second-order valence-electron chi connectivity index (χ2n) is 6.81. The van der Waals surface area contributed by atoms with Crippen molar-refractivity contribution < 1.29 is 5.11 Å². The molecule has 2 aromatic carbocycles. The van der Waals surface area contributed by atoms with Crippen LogP contribution in [0, 0.1) is 5.92 Å². The van der Waals surface area contributed by atoms with Gasteiger partial charge in [0.25, 0.3) is 0 Å². The number of hydrogen-bond donors (Lipinski definition) is 2. The lowest BCUT2D eigenvalue weighted by Crippen LogP contribution is -2.39. The van der Waals surface area contributed by atoms with E-state index in [0.29, 0.717) is 5.92 Å². The second-order valence-corrected chi connectivity index (χ2v) is 8.09. The van der Waals surface area contributed by atoms with Crippen molar-refractivity contribution in [3.8, 4) is 0 Å². The molecule has 1 heterocycles. The van der Waals surface area contributed by atoms with Crippen LogP contribution >= 0.6 is 11.8 Å². The van der Waals surface area contributed by atoms with Gasteiger partial charge in [0.05, 0.1) is 17.6 Å². The number of aliphatic hydroxyl groups is 1. The summed E-state index contributed by atoms with van der Waals surface area (Å²) in [6.07, 6.45) is 1.84. The molecule has 0 saturated carbocycles. The number of hydrogen-bond acceptors (Lipinski definition) is 4. The maximum Gasteiger partial charge on any atom is 0.0641 e. The summed E-state index contributed by atoms with van der Waals surface area (Å²) in [5, 5.41) is 15.8. The maximum absolute atomic E-state index is 9.60. The minimum absolute atomic E-state index is 0.0958. The normalized spacial score (nSPS) is 13.8. The summed E-state index contributed by atoms with van der Waals surface area (Å²) in [6, 6.07) is 21.1. The number of pyridine rings is 1. The van der Waals surface area contributed by atoms with Crippen molar-refractivity contribution in [2.24, 2.45) is 5.92 Å². The van der Waals surface area contributed by atoms with E-state index in [9.17, 15) is 5.11 Å². The first-order valence-electron chi connectivity index (χ1n) is 9.08. The monoisotopic (exact) mass is 366 g/mol. The van der Waals surface area contributed by atoms with E-state index in [1.54, 1.807) is 0 Å². The summed E-state index contributed by atoms with van der Waals surface area (Å²) in [5.41, 5.74) is 1.05. The van der Waals surface area contributed by atoms with E-state index in [1.807, 2.05) is 30.1 Å². The van der Waals surface area contributed by atoms with Gasteiger partial charge in [-0.15, -0.1) is 11.8 Å². The standard InChI is InChI=1S/C22H26N2OS/c1-16(2)21(15-25)24-14-22(20-9-5-6-12-23-20)26-19-11-10-17-7-3-4-8-18(17)13-19/h3-13,16,21-22,24-25H,14-15H2,1-2H3/t21-,22-/m1/s1. The Morgan fingerprint density at radius 3 is 2.46 bits per heavy atom. The van der Waals surface area contributed by atoms with Gasteiger partial charge < -0.3 is 10.4 Å². The lowest BCUT2D eigenvalue weighted by molar-refractivity contribution is 0.211. The largest absolute Gasteiger partial charge is 0.395 e. The van der Waals surface area contributed by atoms with Gasteiger partial charge in [-0.05, 0) is 41.0 Å². The minimum atomic E-state index is 0.0958. The number of aliphatic hydroxyl groups excluding tert-OH is 1. The molecular formula is C22H26N2OS. The van der Waals surface area contributed by atoms with E-state index >= 15 is 0 Å². The molecule has 0 unspecified atom stereocenters. The molecular weight excluding hydrogens is 340 g/mol. The molecule has 136 valence electrons. The van der Waals surface area contributed by atoms with Gasteiger partial charge in [-0.25, -0.2) is 0 Å². The highest BCUT2D eigenvalue weighted by molar-refractivity contribution is 7.99. The molecule has 0 aliphatic carbocycles. The molecule has 0 bridgehead atoms. The van der Waals surface area contributed by atoms with Crippen molar-refractivity contribution in [2.45, 2.75) is 30.0 Å². The first-order chi connectivity index (χ1) is 12.7. The summed E-state index contributed by atoms with van der Waals surface area (Å²) < 4.78 is 0. The van der Waals surface area contributed by atoms with Crippen LogP contribution in [0.1, 0.15) is 24.8 Å². The Balaban J connectivity index is 1.80. The zero-order valence-corrected chi connectivity index (χ0v) is 16.1. The molecule has 0 amide bonds. The predicted octanol–water partition coefficient (Wildman–Crippen LogP) is 4.67. The number of thioether (sulfide) groups is 1. The average molecular weight is 367 g/mol. The van der Waals surface area contributed by atoms with Crippen molar-refractivity contribution in [3.05, 3.63) is 72.6 Å². The van der Waals surface area contributed by atoms with Crippen molar-refractivity contribution >= 4 is 22.5 Å². The molecule has 3 aromatic rings. The summed E-state index contributed by atoms with van der Waals surface area (Å²) in [4.78, 5) is 5.79. The third-order valence-electron chi connectivity index (χ3n) is 4.58. The average Bonchev–Trinajstić information content (AvgIpc) is 2.68. The Kier molecular flexibility index (Phi) is 6.67. The Morgan fingerprint density at radius 1 is 1.00 bits per heavy atom. The molecule has 1 aromatic heterocycles. The number of nitrogens with one attached hydrogen (secondary N) is 1. The highest BCUT2D eigenvalue weighted by Gasteiger charge is 2.18. The molecule has 2 atom stereocenters. The first-order valence-corrected chi connectivity index (χ1v) is 9.96. The summed E-state index contributed by atoms with van der Waals surface area (Å²) in [7, 11) is 0. The van der Waals surface area contributed by atoms with Gasteiger partial charge in [-0.3, -0.25) is 4.98 Å². The number of aromatic nitrogens is 1. The fraction of sp³-hybridized carbons (Fsp3) is 0.318. The molecule has 0 saturated heterocycles. The fourth-order valence-corrected chi connectivity index (χ4v) is 4.06. The first kappa shape index (κ1) is 18.9. The highest BCUT2D eigenvalue weighted by Crippen LogP contribution is 2.35. The molecule has 26 heavy (non-hydrogen) atoms. The van der Waals surface area contributed by atoms with Crippen LogP contribution in [0.3, 0.4) is 0 Å². The zero-order chi connectivity index (χ0) is 18.4. The fourth-order valence-electron chi connectivity index (χ4n) is 2.95. The van der Waals surface area contributed by atoms with Gasteiger partial charge in [0.1, 0.15) is 0 Å². The van der Waals surface area contributed by atoms with Gasteiger partial charge >= 0.3 is 0 Å². The second kappa shape index (κ2) is 9.17. The third-order valence-corrected chi connectivity index (χ3v) is 5.80. The number of rotatable bonds is 8. The lowest BCUT2D eigenvalue weighted by atomic mass is 10.1. The smallest absolute Gasteiger partial charge is 0.0641 e. The van der Waals surface area contributed by atoms with Crippen LogP contribution in [0.25, 0.3) is 10.8 Å². The third kappa shape index (κ3) is 4.85. The zero-order valence-electron chi connectivity index (χ0n) is 15.3. The van der Waals surface area contributed by atoms with Gasteiger partial charge in [0.15, 0.2) is 0 Å². The van der Waals surface area contributed by atoms with Crippen molar-refractivity contribution in [1.29, 1.82) is 0 Å². The SMILES string of the molecule is CC(C)[C@@H](CO)NC[C@@H](Sc1ccc2ccccc2c1)c1ccccn1. The van der Waals surface area contributed by atoms with Crippen LogP contribution in [-0.2, 0) is 0 Å². The summed E-state index contributed by atoms with van der Waals surface area (Å²) in [6.45, 7) is 5.16. The maximum atomic E-state index is 9.60. The van der Waals surface area contributed by atoms with Crippen molar-refractivity contribution in [3.63, 3.8) is 0 Å². The molecule has 0 radical (unpaired) electrons. The van der Waals surface area contributed by atoms with Crippen LogP contribution in [0.2, 0.25) is 0 Å². The van der Waals surface area contributed by atoms with Gasteiger partial charge in [0.2, 0.25) is 0 Å². The Labute approximate surface area is 159 Å². The molecule has 0 aliphatic rings. The molecule has 4 heteroatoms. The molecule has 2 N–H and O–H groups in total. The Morgan fingerprint density at radius 2 is 1.77 bits per heavy atom. The van der Waals surface area contributed by atoms with Crippen LogP contribution in [0.5, 0.6) is 0 Å². The number of benzene rings is 2. The lowest BCUT2D eigenvalue weighted by Gasteiger charge is -2.24. The number of fused-ring (bicyclic) bond motifs is 1. The van der Waals surface area contributed by atoms with E-state index in [1.165, 1.54) is 15.7 Å². The topological polar surface area (TPSA) is 45.1 Å². The Hall–Kier alpha value is -1.88.